The zero-order valence-electron chi connectivity index (χ0n) is 18.6. The van der Waals surface area contributed by atoms with E-state index in [-0.39, 0.29) is 23.8 Å². The van der Waals surface area contributed by atoms with Crippen molar-refractivity contribution >= 4 is 16.9 Å². The van der Waals surface area contributed by atoms with Crippen LogP contribution in [0.25, 0.3) is 16.7 Å². The van der Waals surface area contributed by atoms with E-state index < -0.39 is 0 Å². The Labute approximate surface area is 196 Å². The van der Waals surface area contributed by atoms with Gasteiger partial charge < -0.3 is 0 Å². The molecule has 0 radical (unpaired) electrons. The second-order valence-corrected chi connectivity index (χ2v) is 8.16. The van der Waals surface area contributed by atoms with Crippen molar-refractivity contribution in [3.8, 4) is 5.69 Å². The van der Waals surface area contributed by atoms with Crippen LogP contribution in [0.3, 0.4) is 0 Å². The highest BCUT2D eigenvalue weighted by atomic mass is 16.2. The van der Waals surface area contributed by atoms with Crippen LogP contribution in [0.2, 0.25) is 0 Å². The number of hydrogen-bond acceptors (Lipinski definition) is 4. The molecule has 3 aromatic carbocycles. The molecule has 1 N–H and O–H groups in total. The molecule has 0 aliphatic rings. The molecule has 7 nitrogen and oxygen atoms in total. The summed E-state index contributed by atoms with van der Waals surface area (Å²) < 4.78 is 2.74. The van der Waals surface area contributed by atoms with Crippen LogP contribution >= 0.6 is 0 Å². The Hall–Kier alpha value is -4.52. The summed E-state index contributed by atoms with van der Waals surface area (Å²) in [6, 6.07) is 27.5. The third-order valence-corrected chi connectivity index (χ3v) is 5.81. The van der Waals surface area contributed by atoms with E-state index in [0.717, 1.165) is 27.1 Å². The van der Waals surface area contributed by atoms with Gasteiger partial charge in [0.1, 0.15) is 11.7 Å². The van der Waals surface area contributed by atoms with E-state index in [4.69, 9.17) is 0 Å². The molecular formula is C27H23N5O2. The van der Waals surface area contributed by atoms with Crippen molar-refractivity contribution in [3.05, 3.63) is 124 Å². The van der Waals surface area contributed by atoms with Gasteiger partial charge in [0.25, 0.3) is 5.56 Å². The molecular weight excluding hydrogens is 426 g/mol. The number of carbonyl (C=O) groups is 1. The van der Waals surface area contributed by atoms with Crippen LogP contribution in [-0.4, -0.2) is 25.3 Å². The van der Waals surface area contributed by atoms with Gasteiger partial charge >= 0.3 is 0 Å². The van der Waals surface area contributed by atoms with Crippen molar-refractivity contribution in [2.24, 2.45) is 0 Å². The average Bonchev–Trinajstić information content (AvgIpc) is 3.31. The predicted octanol–water partition coefficient (Wildman–Crippen LogP) is 4.18. The minimum Gasteiger partial charge on any atom is -0.273 e. The van der Waals surface area contributed by atoms with Crippen LogP contribution in [-0.2, 0) is 4.79 Å². The van der Waals surface area contributed by atoms with Crippen LogP contribution in [0.4, 0.5) is 0 Å². The lowest BCUT2D eigenvalue weighted by molar-refractivity contribution is -0.117. The first kappa shape index (κ1) is 21.3. The normalized spacial score (nSPS) is 11.1. The van der Waals surface area contributed by atoms with Crippen molar-refractivity contribution < 1.29 is 4.79 Å². The standard InChI is InChI=1S/C27H23N5O2/c1-19-12-14-22(15-13-19)32-26-24(17-29-32)27(34)31(18-28-26)30-25(33)16-23(20-8-4-2-5-9-20)21-10-6-3-7-11-21/h2-15,17-18,23H,16H2,1H3,(H,30,33). The zero-order chi connectivity index (χ0) is 23.5. The molecule has 168 valence electrons. The van der Waals surface area contributed by atoms with E-state index in [1.165, 1.54) is 12.5 Å². The SMILES string of the molecule is Cc1ccc(-n2ncc3c(=O)n(NC(=O)CC(c4ccccc4)c4ccccc4)cnc32)cc1. The van der Waals surface area contributed by atoms with E-state index in [1.807, 2.05) is 91.9 Å². The molecule has 2 heterocycles. The summed E-state index contributed by atoms with van der Waals surface area (Å²) in [5, 5.41) is 4.66. The Kier molecular flexibility index (Phi) is 5.74. The summed E-state index contributed by atoms with van der Waals surface area (Å²) in [7, 11) is 0. The van der Waals surface area contributed by atoms with Gasteiger partial charge in [-0.05, 0) is 30.2 Å². The number of rotatable bonds is 6. The molecule has 2 aromatic heterocycles. The second-order valence-electron chi connectivity index (χ2n) is 8.16. The average molecular weight is 450 g/mol. The topological polar surface area (TPSA) is 81.8 Å². The molecule has 5 rings (SSSR count). The molecule has 0 aliphatic heterocycles. The summed E-state index contributed by atoms with van der Waals surface area (Å²) in [5.74, 6) is -0.425. The Morgan fingerprint density at radius 2 is 1.53 bits per heavy atom. The van der Waals surface area contributed by atoms with E-state index in [0.29, 0.717) is 11.0 Å². The molecule has 0 spiro atoms. The fourth-order valence-electron chi connectivity index (χ4n) is 4.03. The molecule has 0 unspecified atom stereocenters. The Bertz CT molecular complexity index is 1450. The number of aryl methyl sites for hydroxylation is 1. The number of amides is 1. The molecule has 0 saturated carbocycles. The minimum absolute atomic E-state index is 0.140. The van der Waals surface area contributed by atoms with Crippen LogP contribution in [0, 0.1) is 6.92 Å². The largest absolute Gasteiger partial charge is 0.283 e. The van der Waals surface area contributed by atoms with Crippen LogP contribution in [0.15, 0.2) is 102 Å². The monoisotopic (exact) mass is 449 g/mol. The highest BCUT2D eigenvalue weighted by Gasteiger charge is 2.19. The summed E-state index contributed by atoms with van der Waals surface area (Å²) >= 11 is 0. The molecule has 0 atom stereocenters. The first-order valence-electron chi connectivity index (χ1n) is 11.0. The number of nitrogens with one attached hydrogen (secondary N) is 1. The summed E-state index contributed by atoms with van der Waals surface area (Å²) in [4.78, 5) is 30.4. The smallest absolute Gasteiger partial charge is 0.273 e. The number of aromatic nitrogens is 4. The summed E-state index contributed by atoms with van der Waals surface area (Å²) in [6.07, 6.45) is 2.99. The maximum absolute atomic E-state index is 13.0. The van der Waals surface area contributed by atoms with Crippen molar-refractivity contribution in [2.45, 2.75) is 19.3 Å². The fraction of sp³-hybridized carbons (Fsp3) is 0.111. The van der Waals surface area contributed by atoms with Crippen molar-refractivity contribution in [2.75, 3.05) is 5.43 Å². The minimum atomic E-state index is -0.382. The first-order chi connectivity index (χ1) is 16.6. The molecule has 0 aliphatic carbocycles. The van der Waals surface area contributed by atoms with Crippen LogP contribution in [0.5, 0.6) is 0 Å². The molecule has 7 heteroatoms. The lowest BCUT2D eigenvalue weighted by Crippen LogP contribution is -2.33. The van der Waals surface area contributed by atoms with Gasteiger partial charge in [0.05, 0.1) is 11.9 Å². The van der Waals surface area contributed by atoms with Crippen molar-refractivity contribution in [1.82, 2.24) is 19.4 Å². The number of benzene rings is 3. The second kappa shape index (κ2) is 9.15. The first-order valence-corrected chi connectivity index (χ1v) is 11.0. The van der Waals surface area contributed by atoms with Gasteiger partial charge in [-0.25, -0.2) is 14.3 Å². The predicted molar refractivity (Wildman–Crippen MR) is 132 cm³/mol. The highest BCUT2D eigenvalue weighted by Crippen LogP contribution is 2.27. The van der Waals surface area contributed by atoms with Gasteiger partial charge in [-0.1, -0.05) is 78.4 Å². The molecule has 0 fully saturated rings. The number of fused-ring (bicyclic) bond motifs is 1. The van der Waals surface area contributed by atoms with Gasteiger partial charge in [0.15, 0.2) is 5.65 Å². The van der Waals surface area contributed by atoms with Gasteiger partial charge in [0.2, 0.25) is 5.91 Å². The van der Waals surface area contributed by atoms with E-state index in [2.05, 4.69) is 15.5 Å². The molecule has 0 bridgehead atoms. The Morgan fingerprint density at radius 1 is 0.912 bits per heavy atom. The molecule has 5 aromatic rings. The quantitative estimate of drug-likeness (QED) is 0.422. The van der Waals surface area contributed by atoms with E-state index >= 15 is 0 Å². The zero-order valence-corrected chi connectivity index (χ0v) is 18.6. The van der Waals surface area contributed by atoms with Gasteiger partial charge in [-0.15, -0.1) is 0 Å². The van der Waals surface area contributed by atoms with Crippen LogP contribution in [0.1, 0.15) is 29.0 Å². The van der Waals surface area contributed by atoms with Crippen molar-refractivity contribution in [3.63, 3.8) is 0 Å². The fourth-order valence-corrected chi connectivity index (χ4v) is 4.03. The lowest BCUT2D eigenvalue weighted by atomic mass is 9.88. The Balaban J connectivity index is 1.41. The third kappa shape index (κ3) is 4.23. The molecule has 34 heavy (non-hydrogen) atoms. The van der Waals surface area contributed by atoms with Crippen molar-refractivity contribution in [1.29, 1.82) is 0 Å². The van der Waals surface area contributed by atoms with Gasteiger partial charge in [-0.2, -0.15) is 5.10 Å². The maximum Gasteiger partial charge on any atom is 0.283 e. The highest BCUT2D eigenvalue weighted by molar-refractivity contribution is 5.85. The van der Waals surface area contributed by atoms with Gasteiger partial charge in [0, 0.05) is 12.3 Å². The third-order valence-electron chi connectivity index (χ3n) is 5.81. The summed E-state index contributed by atoms with van der Waals surface area (Å²) in [5.41, 5.74) is 6.75. The number of carbonyl (C=O) groups excluding carboxylic acids is 1. The molecule has 0 saturated heterocycles. The number of nitrogens with zero attached hydrogens (tertiary/aromatic N) is 4. The van der Waals surface area contributed by atoms with E-state index in [9.17, 15) is 9.59 Å². The van der Waals surface area contributed by atoms with Gasteiger partial charge in [-0.3, -0.25) is 15.0 Å². The lowest BCUT2D eigenvalue weighted by Gasteiger charge is -2.18. The summed E-state index contributed by atoms with van der Waals surface area (Å²) in [6.45, 7) is 2.00. The maximum atomic E-state index is 13.0. The number of hydrogen-bond donors (Lipinski definition) is 1. The van der Waals surface area contributed by atoms with Crippen LogP contribution < -0.4 is 11.0 Å². The molecule has 1 amide bonds. The Morgan fingerprint density at radius 3 is 2.15 bits per heavy atom. The van der Waals surface area contributed by atoms with E-state index in [1.54, 1.807) is 4.68 Å².